The van der Waals surface area contributed by atoms with Crippen molar-refractivity contribution >= 4 is 16.7 Å². The van der Waals surface area contributed by atoms with Crippen molar-refractivity contribution in [3.8, 4) is 11.4 Å². The molecule has 6 heteroatoms. The molecule has 1 aromatic heterocycles. The molecule has 6 nitrogen and oxygen atoms in total. The van der Waals surface area contributed by atoms with E-state index in [1.807, 2.05) is 42.5 Å². The maximum absolute atomic E-state index is 10.4. The first-order valence-corrected chi connectivity index (χ1v) is 6.34. The van der Waals surface area contributed by atoms with Gasteiger partial charge in [-0.1, -0.05) is 47.6 Å². The number of hydrogen-bond acceptors (Lipinski definition) is 5. The van der Waals surface area contributed by atoms with E-state index in [9.17, 15) is 4.79 Å². The van der Waals surface area contributed by atoms with Crippen molar-refractivity contribution in [2.75, 3.05) is 6.61 Å². The molecule has 0 bridgehead atoms. The van der Waals surface area contributed by atoms with Crippen LogP contribution in [0.5, 0.6) is 0 Å². The number of aliphatic carboxylic acids is 1. The second-order valence-electron chi connectivity index (χ2n) is 4.42. The Kier molecular flexibility index (Phi) is 3.61. The van der Waals surface area contributed by atoms with Crippen LogP contribution in [0.2, 0.25) is 0 Å². The van der Waals surface area contributed by atoms with E-state index in [4.69, 9.17) is 14.4 Å². The number of hydrogen-bond donors (Lipinski definition) is 1. The summed E-state index contributed by atoms with van der Waals surface area (Å²) in [6.07, 6.45) is 0. The van der Waals surface area contributed by atoms with Gasteiger partial charge in [-0.3, -0.25) is 0 Å². The molecule has 0 fully saturated rings. The third kappa shape index (κ3) is 2.90. The summed E-state index contributed by atoms with van der Waals surface area (Å²) in [5.74, 6) is -0.330. The molecule has 0 atom stereocenters. The molecule has 21 heavy (non-hydrogen) atoms. The van der Waals surface area contributed by atoms with Crippen molar-refractivity contribution < 1.29 is 19.2 Å². The number of benzene rings is 2. The first-order valence-electron chi connectivity index (χ1n) is 6.34. The van der Waals surface area contributed by atoms with E-state index in [1.165, 1.54) is 0 Å². The summed E-state index contributed by atoms with van der Waals surface area (Å²) in [5.41, 5.74) is 0.862. The van der Waals surface area contributed by atoms with Gasteiger partial charge in [0.15, 0.2) is 0 Å². The average Bonchev–Trinajstić information content (AvgIpc) is 2.95. The summed E-state index contributed by atoms with van der Waals surface area (Å²) >= 11 is 0. The van der Waals surface area contributed by atoms with Gasteiger partial charge in [-0.15, -0.1) is 0 Å². The van der Waals surface area contributed by atoms with Crippen molar-refractivity contribution in [1.29, 1.82) is 0 Å². The Balaban J connectivity index is 1.86. The van der Waals surface area contributed by atoms with Crippen LogP contribution in [0.4, 0.5) is 0 Å². The SMILES string of the molecule is O=C(O)COCc1nc(-c2cccc3ccccc23)no1. The van der Waals surface area contributed by atoms with Gasteiger partial charge in [0, 0.05) is 5.56 Å². The number of rotatable bonds is 5. The zero-order valence-electron chi connectivity index (χ0n) is 11.0. The van der Waals surface area contributed by atoms with Crippen LogP contribution in [0.15, 0.2) is 47.0 Å². The summed E-state index contributed by atoms with van der Waals surface area (Å²) in [4.78, 5) is 14.6. The van der Waals surface area contributed by atoms with E-state index in [-0.39, 0.29) is 12.5 Å². The fraction of sp³-hybridized carbons (Fsp3) is 0.133. The number of nitrogens with zero attached hydrogens (tertiary/aromatic N) is 2. The fourth-order valence-electron chi connectivity index (χ4n) is 2.07. The third-order valence-electron chi connectivity index (χ3n) is 2.95. The van der Waals surface area contributed by atoms with Crippen molar-refractivity contribution in [2.24, 2.45) is 0 Å². The number of carboxylic acid groups (broad SMARTS) is 1. The minimum atomic E-state index is -1.04. The molecule has 0 saturated heterocycles. The quantitative estimate of drug-likeness (QED) is 0.774. The molecule has 0 aliphatic heterocycles. The molecule has 0 amide bonds. The number of ether oxygens (including phenoxy) is 1. The van der Waals surface area contributed by atoms with Crippen LogP contribution in [0.1, 0.15) is 5.89 Å². The zero-order chi connectivity index (χ0) is 14.7. The molecule has 3 rings (SSSR count). The number of aromatic nitrogens is 2. The van der Waals surface area contributed by atoms with Gasteiger partial charge in [0.1, 0.15) is 13.2 Å². The highest BCUT2D eigenvalue weighted by atomic mass is 16.5. The van der Waals surface area contributed by atoms with E-state index >= 15 is 0 Å². The van der Waals surface area contributed by atoms with Crippen LogP contribution in [0.3, 0.4) is 0 Å². The lowest BCUT2D eigenvalue weighted by Crippen LogP contribution is -2.06. The molecule has 0 radical (unpaired) electrons. The second-order valence-corrected chi connectivity index (χ2v) is 4.42. The summed E-state index contributed by atoms with van der Waals surface area (Å²) < 4.78 is 9.99. The summed E-state index contributed by atoms with van der Waals surface area (Å²) in [6, 6.07) is 13.8. The van der Waals surface area contributed by atoms with Gasteiger partial charge >= 0.3 is 5.97 Å². The molecular formula is C15H12N2O4. The van der Waals surface area contributed by atoms with E-state index in [0.29, 0.717) is 5.82 Å². The van der Waals surface area contributed by atoms with Gasteiger partial charge in [0.25, 0.3) is 5.89 Å². The molecule has 2 aromatic carbocycles. The van der Waals surface area contributed by atoms with Gasteiger partial charge in [-0.05, 0) is 10.8 Å². The minimum absolute atomic E-state index is 0.0237. The van der Waals surface area contributed by atoms with E-state index in [0.717, 1.165) is 16.3 Å². The third-order valence-corrected chi connectivity index (χ3v) is 2.95. The summed E-state index contributed by atoms with van der Waals surface area (Å²) in [7, 11) is 0. The predicted molar refractivity (Wildman–Crippen MR) is 74.5 cm³/mol. The Labute approximate surface area is 120 Å². The normalized spacial score (nSPS) is 10.9. The predicted octanol–water partition coefficient (Wildman–Crippen LogP) is 2.49. The van der Waals surface area contributed by atoms with Gasteiger partial charge in [-0.25, -0.2) is 4.79 Å². The highest BCUT2D eigenvalue weighted by Crippen LogP contribution is 2.26. The standard InChI is InChI=1S/C15H12N2O4/c18-14(19)9-20-8-13-16-15(17-21-13)12-7-3-5-10-4-1-2-6-11(10)12/h1-7H,8-9H2,(H,18,19). The molecular weight excluding hydrogens is 272 g/mol. The van der Waals surface area contributed by atoms with E-state index < -0.39 is 12.6 Å². The van der Waals surface area contributed by atoms with Crippen molar-refractivity contribution in [3.05, 3.63) is 48.4 Å². The lowest BCUT2D eigenvalue weighted by atomic mass is 10.0. The molecule has 0 aliphatic carbocycles. The molecule has 0 saturated carbocycles. The lowest BCUT2D eigenvalue weighted by molar-refractivity contribution is -0.142. The molecule has 1 heterocycles. The first-order chi connectivity index (χ1) is 10.2. The molecule has 106 valence electrons. The first kappa shape index (κ1) is 13.3. The Morgan fingerprint density at radius 2 is 2.00 bits per heavy atom. The highest BCUT2D eigenvalue weighted by molar-refractivity contribution is 5.94. The smallest absolute Gasteiger partial charge is 0.329 e. The number of carboxylic acids is 1. The molecule has 0 spiro atoms. The van der Waals surface area contributed by atoms with Crippen LogP contribution in [0.25, 0.3) is 22.2 Å². The Hall–Kier alpha value is -2.73. The lowest BCUT2D eigenvalue weighted by Gasteiger charge is -2.01. The van der Waals surface area contributed by atoms with E-state index in [1.54, 1.807) is 0 Å². The Bertz CT molecular complexity index is 777. The average molecular weight is 284 g/mol. The van der Waals surface area contributed by atoms with Crippen LogP contribution in [-0.4, -0.2) is 27.8 Å². The van der Waals surface area contributed by atoms with Gasteiger partial charge in [0.05, 0.1) is 0 Å². The number of fused-ring (bicyclic) bond motifs is 1. The van der Waals surface area contributed by atoms with E-state index in [2.05, 4.69) is 10.1 Å². The summed E-state index contributed by atoms with van der Waals surface area (Å²) in [6.45, 7) is -0.421. The largest absolute Gasteiger partial charge is 0.480 e. The zero-order valence-corrected chi connectivity index (χ0v) is 11.0. The van der Waals surface area contributed by atoms with Crippen LogP contribution in [-0.2, 0) is 16.1 Å². The molecule has 0 aliphatic rings. The summed E-state index contributed by atoms with van der Waals surface area (Å²) in [5, 5.41) is 14.5. The second kappa shape index (κ2) is 5.72. The van der Waals surface area contributed by atoms with Crippen molar-refractivity contribution in [2.45, 2.75) is 6.61 Å². The highest BCUT2D eigenvalue weighted by Gasteiger charge is 2.11. The topological polar surface area (TPSA) is 85.5 Å². The van der Waals surface area contributed by atoms with Gasteiger partial charge in [0.2, 0.25) is 5.82 Å². The monoisotopic (exact) mass is 284 g/mol. The Morgan fingerprint density at radius 3 is 2.86 bits per heavy atom. The molecule has 3 aromatic rings. The maximum atomic E-state index is 10.4. The van der Waals surface area contributed by atoms with Crippen LogP contribution < -0.4 is 0 Å². The van der Waals surface area contributed by atoms with Crippen molar-refractivity contribution in [3.63, 3.8) is 0 Å². The van der Waals surface area contributed by atoms with Crippen LogP contribution >= 0.6 is 0 Å². The fourth-order valence-corrected chi connectivity index (χ4v) is 2.07. The Morgan fingerprint density at radius 1 is 1.19 bits per heavy atom. The van der Waals surface area contributed by atoms with Crippen molar-refractivity contribution in [1.82, 2.24) is 10.1 Å². The van der Waals surface area contributed by atoms with Gasteiger partial charge in [-0.2, -0.15) is 4.98 Å². The minimum Gasteiger partial charge on any atom is -0.480 e. The maximum Gasteiger partial charge on any atom is 0.329 e. The molecule has 1 N–H and O–H groups in total. The van der Waals surface area contributed by atoms with Gasteiger partial charge < -0.3 is 14.4 Å². The molecule has 0 unspecified atom stereocenters. The number of carbonyl (C=O) groups is 1. The van der Waals surface area contributed by atoms with Crippen LogP contribution in [0, 0.1) is 0 Å².